The predicted molar refractivity (Wildman–Crippen MR) is 133 cm³/mol. The fraction of sp³-hybridized carbons (Fsp3) is 0.321. The van der Waals surface area contributed by atoms with Crippen molar-refractivity contribution in [1.29, 1.82) is 0 Å². The van der Waals surface area contributed by atoms with Crippen molar-refractivity contribution in [2.24, 2.45) is 5.92 Å². The Kier molecular flexibility index (Phi) is 6.42. The molecule has 32 heavy (non-hydrogen) atoms. The molecule has 2 saturated heterocycles. The Morgan fingerprint density at radius 2 is 1.50 bits per heavy atom. The smallest absolute Gasteiger partial charge is 0.228 e. The third kappa shape index (κ3) is 4.26. The van der Waals surface area contributed by atoms with E-state index in [4.69, 9.17) is 0 Å². The molecule has 2 aliphatic rings. The first-order valence-corrected chi connectivity index (χ1v) is 12.4. The van der Waals surface area contributed by atoms with Crippen LogP contribution in [0.1, 0.15) is 47.4 Å². The average molecular weight is 489 g/mol. The number of carbonyl (C=O) groups excluding carboxylic acids is 1. The van der Waals surface area contributed by atoms with E-state index >= 15 is 0 Å². The Hall–Kier alpha value is -2.43. The largest absolute Gasteiger partial charge is 0.335 e. The topological polar surface area (TPSA) is 32.3 Å². The highest BCUT2D eigenvalue weighted by atomic mass is 79.9. The molecular weight excluding hydrogens is 460 g/mol. The van der Waals surface area contributed by atoms with Gasteiger partial charge in [0.05, 0.1) is 12.0 Å². The Labute approximate surface area is 199 Å². The molecule has 0 unspecified atom stereocenters. The number of likely N-dealkylation sites (tertiary alicyclic amines) is 1. The molecule has 164 valence electrons. The first kappa shape index (κ1) is 21.4. The summed E-state index contributed by atoms with van der Waals surface area (Å²) >= 11 is 3.71. The quantitative estimate of drug-likeness (QED) is 0.495. The van der Waals surface area contributed by atoms with Crippen LogP contribution in [0.2, 0.25) is 0 Å². The summed E-state index contributed by atoms with van der Waals surface area (Å²) in [6, 6.07) is 29.8. The molecule has 3 aromatic carbocycles. The molecule has 2 aliphatic heterocycles. The fourth-order valence-corrected chi connectivity index (χ4v) is 6.08. The Morgan fingerprint density at radius 3 is 2.22 bits per heavy atom. The highest BCUT2D eigenvalue weighted by molar-refractivity contribution is 9.10. The van der Waals surface area contributed by atoms with Crippen molar-refractivity contribution in [3.63, 3.8) is 0 Å². The Balaban J connectivity index is 1.43. The maximum atomic E-state index is 14.0. The molecule has 0 saturated carbocycles. The third-order valence-corrected chi connectivity index (χ3v) is 7.90. The van der Waals surface area contributed by atoms with E-state index in [-0.39, 0.29) is 23.8 Å². The highest BCUT2D eigenvalue weighted by Crippen LogP contribution is 2.42. The van der Waals surface area contributed by atoms with Gasteiger partial charge < -0.3 is 10.2 Å². The number of hydrogen-bond acceptors (Lipinski definition) is 2. The van der Waals surface area contributed by atoms with Crippen molar-refractivity contribution in [3.05, 3.63) is 106 Å². The zero-order valence-corrected chi connectivity index (χ0v) is 19.7. The van der Waals surface area contributed by atoms with Gasteiger partial charge in [-0.3, -0.25) is 4.79 Å². The van der Waals surface area contributed by atoms with Crippen molar-refractivity contribution in [3.8, 4) is 0 Å². The number of carbonyl (C=O) groups is 1. The van der Waals surface area contributed by atoms with Crippen LogP contribution in [0.4, 0.5) is 0 Å². The molecule has 1 amide bonds. The van der Waals surface area contributed by atoms with E-state index < -0.39 is 0 Å². The molecule has 2 fully saturated rings. The van der Waals surface area contributed by atoms with Gasteiger partial charge >= 0.3 is 0 Å². The number of nitrogens with one attached hydrogen (secondary N) is 1. The van der Waals surface area contributed by atoms with Crippen LogP contribution < -0.4 is 5.32 Å². The van der Waals surface area contributed by atoms with Gasteiger partial charge in [-0.15, -0.1) is 0 Å². The van der Waals surface area contributed by atoms with Gasteiger partial charge in [0.15, 0.2) is 0 Å². The lowest BCUT2D eigenvalue weighted by Gasteiger charge is -2.42. The van der Waals surface area contributed by atoms with Crippen molar-refractivity contribution in [1.82, 2.24) is 10.2 Å². The zero-order chi connectivity index (χ0) is 21.9. The van der Waals surface area contributed by atoms with E-state index in [1.54, 1.807) is 0 Å². The van der Waals surface area contributed by atoms with E-state index in [1.165, 1.54) is 16.7 Å². The second-order valence-electron chi connectivity index (χ2n) is 8.98. The number of piperidine rings is 1. The second kappa shape index (κ2) is 9.60. The van der Waals surface area contributed by atoms with Crippen molar-refractivity contribution in [2.45, 2.75) is 30.7 Å². The summed E-state index contributed by atoms with van der Waals surface area (Å²) in [7, 11) is 0. The molecule has 4 heteroatoms. The van der Waals surface area contributed by atoms with Gasteiger partial charge in [0.25, 0.3) is 0 Å². The number of halogens is 1. The van der Waals surface area contributed by atoms with Crippen molar-refractivity contribution < 1.29 is 4.79 Å². The lowest BCUT2D eigenvalue weighted by molar-refractivity contribution is -0.139. The number of hydrogen-bond donors (Lipinski definition) is 1. The van der Waals surface area contributed by atoms with E-state index in [1.807, 2.05) is 6.07 Å². The van der Waals surface area contributed by atoms with Gasteiger partial charge in [0.1, 0.15) is 0 Å². The summed E-state index contributed by atoms with van der Waals surface area (Å²) in [6.07, 6.45) is 1.98. The van der Waals surface area contributed by atoms with Crippen LogP contribution >= 0.6 is 15.9 Å². The van der Waals surface area contributed by atoms with Gasteiger partial charge in [-0.05, 0) is 41.5 Å². The van der Waals surface area contributed by atoms with E-state index in [0.717, 1.165) is 36.9 Å². The lowest BCUT2D eigenvalue weighted by atomic mass is 9.81. The standard InChI is InChI=1S/C28H29BrN2O/c29-26-14-8-7-13-23(26)24-18-30-19-25(24)28(32)31-16-15-22(20-9-3-1-4-10-20)17-27(31)21-11-5-2-6-12-21/h1-14,22,24-25,27,30H,15-19H2/t22-,24-,25+,27+/m0/s1. The minimum atomic E-state index is -0.0341. The minimum absolute atomic E-state index is 0.0341. The first-order valence-electron chi connectivity index (χ1n) is 11.6. The van der Waals surface area contributed by atoms with E-state index in [2.05, 4.69) is 105 Å². The first-order chi connectivity index (χ1) is 15.7. The Bertz CT molecular complexity index is 1060. The molecule has 0 radical (unpaired) electrons. The molecular formula is C28H29BrN2O. The Morgan fingerprint density at radius 1 is 0.844 bits per heavy atom. The van der Waals surface area contributed by atoms with Crippen LogP contribution in [0.3, 0.4) is 0 Å². The van der Waals surface area contributed by atoms with E-state index in [0.29, 0.717) is 5.92 Å². The molecule has 3 nitrogen and oxygen atoms in total. The van der Waals surface area contributed by atoms with Crippen LogP contribution in [-0.4, -0.2) is 30.4 Å². The maximum Gasteiger partial charge on any atom is 0.228 e. The number of benzene rings is 3. The van der Waals surface area contributed by atoms with E-state index in [9.17, 15) is 4.79 Å². The summed E-state index contributed by atoms with van der Waals surface area (Å²) in [5.74, 6) is 0.928. The molecule has 0 bridgehead atoms. The second-order valence-corrected chi connectivity index (χ2v) is 9.84. The van der Waals surface area contributed by atoms with Gasteiger partial charge in [0, 0.05) is 30.0 Å². The van der Waals surface area contributed by atoms with Crippen LogP contribution in [0, 0.1) is 5.92 Å². The molecule has 0 aliphatic carbocycles. The van der Waals surface area contributed by atoms with Crippen LogP contribution in [-0.2, 0) is 4.79 Å². The van der Waals surface area contributed by atoms with Crippen LogP contribution in [0.25, 0.3) is 0 Å². The van der Waals surface area contributed by atoms with Crippen molar-refractivity contribution in [2.75, 3.05) is 19.6 Å². The van der Waals surface area contributed by atoms with Crippen LogP contribution in [0.15, 0.2) is 89.4 Å². The SMILES string of the molecule is O=C([C@@H]1CNC[C@H]1c1ccccc1Br)N1CC[C@H](c2ccccc2)C[C@@H]1c1ccccc1. The highest BCUT2D eigenvalue weighted by Gasteiger charge is 2.41. The van der Waals surface area contributed by atoms with Crippen LogP contribution in [0.5, 0.6) is 0 Å². The molecule has 1 N–H and O–H groups in total. The van der Waals surface area contributed by atoms with Gasteiger partial charge in [0.2, 0.25) is 5.91 Å². The molecule has 4 atom stereocenters. The predicted octanol–water partition coefficient (Wildman–Crippen LogP) is 5.90. The van der Waals surface area contributed by atoms with Crippen molar-refractivity contribution >= 4 is 21.8 Å². The van der Waals surface area contributed by atoms with Gasteiger partial charge in [-0.25, -0.2) is 0 Å². The number of nitrogens with zero attached hydrogens (tertiary/aromatic N) is 1. The summed E-state index contributed by atoms with van der Waals surface area (Å²) in [5, 5.41) is 3.49. The molecule has 5 rings (SSSR count). The molecule has 0 spiro atoms. The minimum Gasteiger partial charge on any atom is -0.335 e. The summed E-state index contributed by atoms with van der Waals surface area (Å²) in [6.45, 7) is 2.39. The molecule has 2 heterocycles. The molecule has 3 aromatic rings. The fourth-order valence-electron chi connectivity index (χ4n) is 5.50. The maximum absolute atomic E-state index is 14.0. The summed E-state index contributed by atoms with van der Waals surface area (Å²) < 4.78 is 1.09. The number of rotatable bonds is 4. The zero-order valence-electron chi connectivity index (χ0n) is 18.2. The number of amides is 1. The molecule has 0 aromatic heterocycles. The van der Waals surface area contributed by atoms with Gasteiger partial charge in [-0.2, -0.15) is 0 Å². The normalized spacial score (nSPS) is 25.6. The monoisotopic (exact) mass is 488 g/mol. The summed E-state index contributed by atoms with van der Waals surface area (Å²) in [4.78, 5) is 16.2. The summed E-state index contributed by atoms with van der Waals surface area (Å²) in [5.41, 5.74) is 3.85. The average Bonchev–Trinajstić information content (AvgIpc) is 3.34. The lowest BCUT2D eigenvalue weighted by Crippen LogP contribution is -2.45. The third-order valence-electron chi connectivity index (χ3n) is 7.18. The van der Waals surface area contributed by atoms with Gasteiger partial charge in [-0.1, -0.05) is 94.8 Å².